The summed E-state index contributed by atoms with van der Waals surface area (Å²) in [6.45, 7) is 5.55. The van der Waals surface area contributed by atoms with Crippen molar-refractivity contribution in [2.75, 3.05) is 26.8 Å². The highest BCUT2D eigenvalue weighted by molar-refractivity contribution is 7.89. The van der Waals surface area contributed by atoms with E-state index >= 15 is 0 Å². The standard InChI is InChI=1S/C27H30N2O4S/c1-4-33-26-17-21(11-14-25(26)32-3)27-28-16-15-20-7-5-6-8-23(20)24(28)18-29(27)34(30,31)22-12-9-19(2)10-13-22/h5-14,17,24,27H,4,15-16,18H2,1-3H3/t24-,27+/m1/s1. The van der Waals surface area contributed by atoms with E-state index in [2.05, 4.69) is 23.1 Å². The van der Waals surface area contributed by atoms with E-state index in [1.165, 1.54) is 11.1 Å². The fraction of sp³-hybridized carbons (Fsp3) is 0.333. The molecular formula is C27H30N2O4S. The number of rotatable bonds is 6. The smallest absolute Gasteiger partial charge is 0.244 e. The molecule has 0 saturated carbocycles. The highest BCUT2D eigenvalue weighted by atomic mass is 32.2. The normalized spacial score (nSPS) is 20.6. The molecule has 3 aromatic rings. The second kappa shape index (κ2) is 9.06. The first-order chi connectivity index (χ1) is 16.4. The van der Waals surface area contributed by atoms with Gasteiger partial charge in [-0.1, -0.05) is 48.0 Å². The second-order valence-corrected chi connectivity index (χ2v) is 10.7. The Morgan fingerprint density at radius 3 is 2.50 bits per heavy atom. The van der Waals surface area contributed by atoms with Crippen molar-refractivity contribution in [3.63, 3.8) is 0 Å². The molecule has 34 heavy (non-hydrogen) atoms. The molecule has 0 aliphatic carbocycles. The van der Waals surface area contributed by atoms with Crippen molar-refractivity contribution in [1.82, 2.24) is 9.21 Å². The fourth-order valence-electron chi connectivity index (χ4n) is 5.16. The Morgan fingerprint density at radius 1 is 1.00 bits per heavy atom. The van der Waals surface area contributed by atoms with Crippen LogP contribution in [-0.2, 0) is 16.4 Å². The average Bonchev–Trinajstić information content (AvgIpc) is 3.25. The van der Waals surface area contributed by atoms with Crippen LogP contribution in [0.25, 0.3) is 0 Å². The molecule has 0 spiro atoms. The number of hydrogen-bond acceptors (Lipinski definition) is 5. The van der Waals surface area contributed by atoms with Crippen molar-refractivity contribution in [3.05, 3.63) is 89.0 Å². The maximum atomic E-state index is 14.0. The van der Waals surface area contributed by atoms with Crippen LogP contribution < -0.4 is 9.47 Å². The second-order valence-electron chi connectivity index (χ2n) is 8.81. The molecule has 2 atom stereocenters. The molecule has 5 rings (SSSR count). The first-order valence-electron chi connectivity index (χ1n) is 11.7. The van der Waals surface area contributed by atoms with Crippen molar-refractivity contribution in [3.8, 4) is 11.5 Å². The van der Waals surface area contributed by atoms with Gasteiger partial charge in [0.15, 0.2) is 11.5 Å². The van der Waals surface area contributed by atoms with E-state index in [1.807, 2.05) is 50.2 Å². The minimum absolute atomic E-state index is 0.00665. The molecule has 7 heteroatoms. The van der Waals surface area contributed by atoms with Crippen LogP contribution in [-0.4, -0.2) is 44.4 Å². The van der Waals surface area contributed by atoms with E-state index in [0.717, 1.165) is 24.1 Å². The summed E-state index contributed by atoms with van der Waals surface area (Å²) in [7, 11) is -2.12. The van der Waals surface area contributed by atoms with Gasteiger partial charge in [-0.2, -0.15) is 4.31 Å². The molecule has 1 saturated heterocycles. The summed E-state index contributed by atoms with van der Waals surface area (Å²) in [4.78, 5) is 2.63. The summed E-state index contributed by atoms with van der Waals surface area (Å²) < 4.78 is 40.9. The first-order valence-corrected chi connectivity index (χ1v) is 13.1. The number of nitrogens with zero attached hydrogens (tertiary/aromatic N) is 2. The summed E-state index contributed by atoms with van der Waals surface area (Å²) in [6, 6.07) is 21.2. The molecule has 2 aliphatic heterocycles. The Kier molecular flexibility index (Phi) is 6.10. The maximum absolute atomic E-state index is 14.0. The largest absolute Gasteiger partial charge is 0.493 e. The third-order valence-corrected chi connectivity index (χ3v) is 8.64. The molecule has 0 aromatic heterocycles. The minimum atomic E-state index is -3.73. The van der Waals surface area contributed by atoms with E-state index in [9.17, 15) is 8.42 Å². The first kappa shape index (κ1) is 22.9. The van der Waals surface area contributed by atoms with Crippen molar-refractivity contribution >= 4 is 10.0 Å². The zero-order valence-electron chi connectivity index (χ0n) is 19.8. The Morgan fingerprint density at radius 2 is 1.76 bits per heavy atom. The van der Waals surface area contributed by atoms with Crippen LogP contribution in [0.3, 0.4) is 0 Å². The zero-order valence-corrected chi connectivity index (χ0v) is 20.6. The van der Waals surface area contributed by atoms with E-state index in [0.29, 0.717) is 29.5 Å². The van der Waals surface area contributed by atoms with Gasteiger partial charge < -0.3 is 9.47 Å². The van der Waals surface area contributed by atoms with E-state index < -0.39 is 16.2 Å². The lowest BCUT2D eigenvalue weighted by atomic mass is 9.93. The van der Waals surface area contributed by atoms with E-state index in [-0.39, 0.29) is 6.04 Å². The van der Waals surface area contributed by atoms with Gasteiger partial charge in [-0.25, -0.2) is 8.42 Å². The minimum Gasteiger partial charge on any atom is -0.493 e. The van der Waals surface area contributed by atoms with Gasteiger partial charge in [0.05, 0.1) is 24.7 Å². The molecular weight excluding hydrogens is 448 g/mol. The maximum Gasteiger partial charge on any atom is 0.244 e. The highest BCUT2D eigenvalue weighted by Gasteiger charge is 2.48. The van der Waals surface area contributed by atoms with Gasteiger partial charge in [0.2, 0.25) is 10.0 Å². The molecule has 2 aliphatic rings. The summed E-state index contributed by atoms with van der Waals surface area (Å²) in [6.07, 6.45) is 0.450. The molecule has 0 bridgehead atoms. The van der Waals surface area contributed by atoms with Gasteiger partial charge in [0.1, 0.15) is 6.17 Å². The van der Waals surface area contributed by atoms with Gasteiger partial charge >= 0.3 is 0 Å². The molecule has 0 amide bonds. The van der Waals surface area contributed by atoms with Crippen molar-refractivity contribution in [2.24, 2.45) is 0 Å². The van der Waals surface area contributed by atoms with Crippen LogP contribution >= 0.6 is 0 Å². The van der Waals surface area contributed by atoms with Gasteiger partial charge in [-0.3, -0.25) is 4.90 Å². The molecule has 178 valence electrons. The molecule has 0 radical (unpaired) electrons. The number of fused-ring (bicyclic) bond motifs is 3. The molecule has 2 heterocycles. The third-order valence-electron chi connectivity index (χ3n) is 6.81. The number of methoxy groups -OCH3 is 1. The lowest BCUT2D eigenvalue weighted by molar-refractivity contribution is 0.154. The number of aryl methyl sites for hydroxylation is 1. The van der Waals surface area contributed by atoms with E-state index in [4.69, 9.17) is 9.47 Å². The number of ether oxygens (including phenoxy) is 2. The van der Waals surface area contributed by atoms with Crippen molar-refractivity contribution in [1.29, 1.82) is 0 Å². The van der Waals surface area contributed by atoms with Gasteiger partial charge in [-0.05, 0) is 61.2 Å². The Bertz CT molecular complexity index is 1290. The number of sulfonamides is 1. The van der Waals surface area contributed by atoms with E-state index in [1.54, 1.807) is 23.5 Å². The summed E-state index contributed by atoms with van der Waals surface area (Å²) >= 11 is 0. The van der Waals surface area contributed by atoms with Crippen molar-refractivity contribution < 1.29 is 17.9 Å². The molecule has 0 N–H and O–H groups in total. The summed E-state index contributed by atoms with van der Waals surface area (Å²) in [5, 5.41) is 0. The highest BCUT2D eigenvalue weighted by Crippen LogP contribution is 2.47. The summed E-state index contributed by atoms with van der Waals surface area (Å²) in [5.41, 5.74) is 4.40. The number of hydrogen-bond donors (Lipinski definition) is 0. The quantitative estimate of drug-likeness (QED) is 0.514. The topological polar surface area (TPSA) is 59.1 Å². The van der Waals surface area contributed by atoms with Crippen LogP contribution in [0.1, 0.15) is 41.4 Å². The van der Waals surface area contributed by atoms with Gasteiger partial charge in [0.25, 0.3) is 0 Å². The van der Waals surface area contributed by atoms with Crippen LogP contribution in [0.2, 0.25) is 0 Å². The average molecular weight is 479 g/mol. The molecule has 6 nitrogen and oxygen atoms in total. The molecule has 3 aromatic carbocycles. The van der Waals surface area contributed by atoms with Crippen LogP contribution in [0.4, 0.5) is 0 Å². The Hall–Kier alpha value is -2.87. The van der Waals surface area contributed by atoms with Gasteiger partial charge in [-0.15, -0.1) is 0 Å². The SMILES string of the molecule is CCOc1cc([C@H]2N3CCc4ccccc4[C@H]3CN2S(=O)(=O)c2ccc(C)cc2)ccc1OC. The fourth-order valence-corrected chi connectivity index (χ4v) is 6.75. The lowest BCUT2D eigenvalue weighted by Gasteiger charge is -2.36. The van der Waals surface area contributed by atoms with Crippen molar-refractivity contribution in [2.45, 2.75) is 37.4 Å². The van der Waals surface area contributed by atoms with Crippen LogP contribution in [0, 0.1) is 6.92 Å². The predicted octanol–water partition coefficient (Wildman–Crippen LogP) is 4.70. The monoisotopic (exact) mass is 478 g/mol. The lowest BCUT2D eigenvalue weighted by Crippen LogP contribution is -2.37. The third kappa shape index (κ3) is 3.87. The van der Waals surface area contributed by atoms with Crippen LogP contribution in [0.5, 0.6) is 11.5 Å². The molecule has 0 unspecified atom stereocenters. The molecule has 1 fully saturated rings. The van der Waals surface area contributed by atoms with Gasteiger partial charge in [0, 0.05) is 13.1 Å². The Balaban J connectivity index is 1.63. The Labute approximate surface area is 201 Å². The predicted molar refractivity (Wildman–Crippen MR) is 132 cm³/mol. The zero-order chi connectivity index (χ0) is 23.9. The van der Waals surface area contributed by atoms with Crippen LogP contribution in [0.15, 0.2) is 71.6 Å². The summed E-state index contributed by atoms with van der Waals surface area (Å²) in [5.74, 6) is 1.26. The number of benzene rings is 3.